The van der Waals surface area contributed by atoms with Crippen molar-refractivity contribution in [1.82, 2.24) is 4.98 Å². The number of hydrogen-bond acceptors (Lipinski definition) is 4. The lowest BCUT2D eigenvalue weighted by molar-refractivity contribution is -0.114. The van der Waals surface area contributed by atoms with E-state index in [0.29, 0.717) is 0 Å². The summed E-state index contributed by atoms with van der Waals surface area (Å²) in [7, 11) is -4.41. The van der Waals surface area contributed by atoms with Crippen LogP contribution in [0.25, 0.3) is 0 Å². The number of amides is 1. The monoisotopic (exact) mass is 295 g/mol. The molecule has 0 unspecified atom stereocenters. The van der Waals surface area contributed by atoms with E-state index < -0.39 is 45.0 Å². The van der Waals surface area contributed by atoms with E-state index in [9.17, 15) is 13.2 Å². The van der Waals surface area contributed by atoms with Crippen molar-refractivity contribution in [1.29, 1.82) is 0 Å². The SMILES string of the molecule is [2H]c1c([2H])c(S(=O)(=O)Nc2ccccn2)c([2H])c([2H])c1NC(C)=O. The van der Waals surface area contributed by atoms with Gasteiger partial charge in [0.25, 0.3) is 10.0 Å². The van der Waals surface area contributed by atoms with Crippen molar-refractivity contribution >= 4 is 27.4 Å². The van der Waals surface area contributed by atoms with Gasteiger partial charge in [-0.05, 0) is 36.3 Å². The number of carbonyl (C=O) groups excluding carboxylic acids is 1. The zero-order valence-electron chi connectivity index (χ0n) is 14.4. The number of anilines is 2. The molecule has 2 aromatic rings. The Morgan fingerprint density at radius 2 is 1.95 bits per heavy atom. The first kappa shape index (κ1) is 9.49. The molecule has 1 aromatic heterocycles. The normalized spacial score (nSPS) is 13.7. The first-order valence-corrected chi connectivity index (χ1v) is 6.95. The molecule has 1 heterocycles. The van der Waals surface area contributed by atoms with Crippen molar-refractivity contribution < 1.29 is 18.7 Å². The number of aromatic nitrogens is 1. The Balaban J connectivity index is 2.60. The molecule has 0 atom stereocenters. The molecule has 0 saturated carbocycles. The van der Waals surface area contributed by atoms with Crippen LogP contribution in [0.15, 0.2) is 53.5 Å². The molecule has 1 aromatic carbocycles. The minimum atomic E-state index is -4.41. The molecule has 0 spiro atoms. The van der Waals surface area contributed by atoms with Crippen LogP contribution in [-0.2, 0) is 14.8 Å². The zero-order chi connectivity index (χ0) is 18.1. The number of carbonyl (C=O) groups is 1. The van der Waals surface area contributed by atoms with Gasteiger partial charge in [-0.1, -0.05) is 6.07 Å². The van der Waals surface area contributed by atoms with E-state index in [1.54, 1.807) is 12.1 Å². The predicted molar refractivity (Wildman–Crippen MR) is 75.8 cm³/mol. The topological polar surface area (TPSA) is 88.2 Å². The standard InChI is InChI=1S/C13H13N3O3S/c1-10(17)15-11-5-7-12(8-6-11)20(18,19)16-13-4-2-3-9-14-13/h2-9H,1H3,(H,14,16)(H,15,17)/i5D,6D,7D,8D. The molecule has 0 fully saturated rings. The first-order chi connectivity index (χ1) is 11.1. The summed E-state index contributed by atoms with van der Waals surface area (Å²) in [6.45, 7) is 1.14. The van der Waals surface area contributed by atoms with Crippen molar-refractivity contribution in [3.63, 3.8) is 0 Å². The number of nitrogens with zero attached hydrogens (tertiary/aromatic N) is 1. The maximum absolute atomic E-state index is 12.4. The molecule has 104 valence electrons. The Morgan fingerprint density at radius 3 is 2.50 bits per heavy atom. The molecule has 7 heteroatoms. The van der Waals surface area contributed by atoms with Gasteiger partial charge in [0.05, 0.1) is 10.4 Å². The smallest absolute Gasteiger partial charge is 0.263 e. The van der Waals surface area contributed by atoms with Crippen molar-refractivity contribution in [3.05, 3.63) is 48.6 Å². The van der Waals surface area contributed by atoms with Crippen LogP contribution in [0.1, 0.15) is 12.4 Å². The molecule has 0 aliphatic carbocycles. The van der Waals surface area contributed by atoms with Crippen molar-refractivity contribution in [2.24, 2.45) is 0 Å². The molecular weight excluding hydrogens is 278 g/mol. The minimum absolute atomic E-state index is 0.0275. The number of pyridine rings is 1. The fourth-order valence-corrected chi connectivity index (χ4v) is 2.15. The van der Waals surface area contributed by atoms with Crippen molar-refractivity contribution in [2.45, 2.75) is 11.8 Å². The number of rotatable bonds is 4. The Kier molecular flexibility index (Phi) is 2.71. The van der Waals surface area contributed by atoms with Gasteiger partial charge in [0.1, 0.15) is 5.82 Å². The number of sulfonamides is 1. The van der Waals surface area contributed by atoms with E-state index in [2.05, 4.69) is 15.0 Å². The fraction of sp³-hybridized carbons (Fsp3) is 0.0769. The molecule has 0 aliphatic rings. The third kappa shape index (κ3) is 3.55. The van der Waals surface area contributed by atoms with Crippen LogP contribution >= 0.6 is 0 Å². The van der Waals surface area contributed by atoms with E-state index in [1.807, 2.05) is 0 Å². The number of nitrogens with one attached hydrogen (secondary N) is 2. The van der Waals surface area contributed by atoms with Crippen LogP contribution in [-0.4, -0.2) is 19.3 Å². The summed E-state index contributed by atoms with van der Waals surface area (Å²) in [5, 5.41) is 2.17. The van der Waals surface area contributed by atoms with Crippen LogP contribution in [0.4, 0.5) is 11.5 Å². The van der Waals surface area contributed by atoms with Crippen molar-refractivity contribution in [2.75, 3.05) is 10.0 Å². The summed E-state index contributed by atoms with van der Waals surface area (Å²) in [5.74, 6) is -0.627. The Morgan fingerprint density at radius 1 is 1.25 bits per heavy atom. The lowest BCUT2D eigenvalue weighted by Gasteiger charge is -2.08. The van der Waals surface area contributed by atoms with E-state index >= 15 is 0 Å². The molecule has 0 bridgehead atoms. The third-order valence-electron chi connectivity index (χ3n) is 2.08. The minimum Gasteiger partial charge on any atom is -0.326 e. The van der Waals surface area contributed by atoms with Gasteiger partial charge in [0, 0.05) is 18.8 Å². The highest BCUT2D eigenvalue weighted by atomic mass is 32.2. The second kappa shape index (κ2) is 5.70. The molecule has 0 aliphatic heterocycles. The van der Waals surface area contributed by atoms with Crippen LogP contribution < -0.4 is 10.0 Å². The summed E-state index contributed by atoms with van der Waals surface area (Å²) in [6.07, 6.45) is 1.35. The Hall–Kier alpha value is -2.41. The van der Waals surface area contributed by atoms with Gasteiger partial charge in [-0.3, -0.25) is 9.52 Å². The summed E-state index contributed by atoms with van der Waals surface area (Å²) in [5.41, 5.74) is -0.380. The number of hydrogen-bond donors (Lipinski definition) is 2. The average molecular weight is 295 g/mol. The van der Waals surface area contributed by atoms with Crippen LogP contribution in [0.5, 0.6) is 0 Å². The molecule has 2 rings (SSSR count). The highest BCUT2D eigenvalue weighted by Gasteiger charge is 2.14. The molecular formula is C13H13N3O3S. The zero-order valence-corrected chi connectivity index (χ0v) is 11.2. The van der Waals surface area contributed by atoms with Gasteiger partial charge in [-0.15, -0.1) is 0 Å². The van der Waals surface area contributed by atoms with Crippen LogP contribution in [0, 0.1) is 0 Å². The van der Waals surface area contributed by atoms with E-state index in [-0.39, 0.29) is 11.5 Å². The largest absolute Gasteiger partial charge is 0.326 e. The summed E-state index contributed by atoms with van der Waals surface area (Å²) >= 11 is 0. The first-order valence-electron chi connectivity index (χ1n) is 7.47. The van der Waals surface area contributed by atoms with Gasteiger partial charge in [0.15, 0.2) is 0 Å². The summed E-state index contributed by atoms with van der Waals surface area (Å²) in [4.78, 5) is 14.1. The molecule has 1 amide bonds. The molecule has 0 radical (unpaired) electrons. The maximum Gasteiger partial charge on any atom is 0.263 e. The fourth-order valence-electron chi connectivity index (χ4n) is 1.29. The highest BCUT2D eigenvalue weighted by Crippen LogP contribution is 2.16. The maximum atomic E-state index is 12.4. The van der Waals surface area contributed by atoms with Crippen molar-refractivity contribution in [3.8, 4) is 0 Å². The lowest BCUT2D eigenvalue weighted by atomic mass is 10.3. The number of benzene rings is 1. The Bertz CT molecular complexity index is 875. The van der Waals surface area contributed by atoms with Gasteiger partial charge < -0.3 is 5.32 Å². The summed E-state index contributed by atoms with van der Waals surface area (Å²) in [6, 6.07) is 1.60. The Labute approximate surface area is 122 Å². The molecule has 6 nitrogen and oxygen atoms in total. The van der Waals surface area contributed by atoms with Crippen LogP contribution in [0.3, 0.4) is 0 Å². The predicted octanol–water partition coefficient (Wildman–Crippen LogP) is 1.84. The van der Waals surface area contributed by atoms with E-state index in [1.165, 1.54) is 12.3 Å². The highest BCUT2D eigenvalue weighted by molar-refractivity contribution is 7.92. The second-order valence-electron chi connectivity index (χ2n) is 3.71. The molecule has 2 N–H and O–H groups in total. The van der Waals surface area contributed by atoms with Gasteiger partial charge >= 0.3 is 0 Å². The van der Waals surface area contributed by atoms with Gasteiger partial charge in [-0.2, -0.15) is 0 Å². The second-order valence-corrected chi connectivity index (χ2v) is 5.33. The summed E-state index contributed by atoms with van der Waals surface area (Å²) < 4.78 is 58.3. The van der Waals surface area contributed by atoms with E-state index in [4.69, 9.17) is 5.48 Å². The lowest BCUT2D eigenvalue weighted by Crippen LogP contribution is -2.14. The van der Waals surface area contributed by atoms with Gasteiger partial charge in [0.2, 0.25) is 5.91 Å². The quantitative estimate of drug-likeness (QED) is 0.901. The molecule has 20 heavy (non-hydrogen) atoms. The van der Waals surface area contributed by atoms with Crippen LogP contribution in [0.2, 0.25) is 0 Å². The van der Waals surface area contributed by atoms with Gasteiger partial charge in [-0.25, -0.2) is 13.4 Å². The average Bonchev–Trinajstić information content (AvgIpc) is 2.50. The third-order valence-corrected chi connectivity index (χ3v) is 3.30. The van der Waals surface area contributed by atoms with E-state index in [0.717, 1.165) is 6.92 Å². The molecule has 0 saturated heterocycles.